The summed E-state index contributed by atoms with van der Waals surface area (Å²) in [5, 5.41) is 19.4. The van der Waals surface area contributed by atoms with Crippen LogP contribution in [0.15, 0.2) is 48.6 Å². The normalized spacial score (nSPS) is 12.7. The molecule has 0 aliphatic rings. The third-order valence-electron chi connectivity index (χ3n) is 3.11. The van der Waals surface area contributed by atoms with E-state index in [0.717, 1.165) is 0 Å². The molecule has 0 heterocycles. The van der Waals surface area contributed by atoms with Crippen molar-refractivity contribution in [3.8, 4) is 0 Å². The van der Waals surface area contributed by atoms with E-state index in [0.29, 0.717) is 0 Å². The smallest absolute Gasteiger partial charge is 0.480 e. The van der Waals surface area contributed by atoms with E-state index in [1.165, 1.54) is 24.3 Å². The van der Waals surface area contributed by atoms with Crippen molar-refractivity contribution in [1.82, 2.24) is 0 Å². The van der Waals surface area contributed by atoms with E-state index in [-0.39, 0.29) is 103 Å². The molecule has 0 amide bonds. The molecule has 0 aromatic carbocycles. The van der Waals surface area contributed by atoms with Crippen LogP contribution in [-0.2, 0) is 9.59 Å². The molecule has 0 aliphatic carbocycles. The van der Waals surface area contributed by atoms with Gasteiger partial charge in [0.2, 0.25) is 0 Å². The first kappa shape index (κ1) is 28.0. The summed E-state index contributed by atoms with van der Waals surface area (Å²) in [6.45, 7) is 6.66. The van der Waals surface area contributed by atoms with Crippen molar-refractivity contribution >= 4 is 11.9 Å². The van der Waals surface area contributed by atoms with Crippen LogP contribution in [0.25, 0.3) is 0 Å². The molecule has 22 heavy (non-hydrogen) atoms. The number of rotatable bonds is 7. The Morgan fingerprint density at radius 2 is 0.818 bits per heavy atom. The van der Waals surface area contributed by atoms with Gasteiger partial charge in [-0.2, -0.15) is 0 Å². The van der Waals surface area contributed by atoms with E-state index in [9.17, 15) is 19.8 Å². The molecule has 0 saturated carbocycles. The number of allylic oxidation sites excluding steroid dienone is 4. The van der Waals surface area contributed by atoms with Crippen LogP contribution >= 0.6 is 0 Å². The summed E-state index contributed by atoms with van der Waals surface area (Å²) in [7, 11) is 0. The van der Waals surface area contributed by atoms with E-state index < -0.39 is 22.8 Å². The average Bonchev–Trinajstić information content (AvgIpc) is 2.37. The quantitative estimate of drug-likeness (QED) is 0.389. The Morgan fingerprint density at radius 1 is 0.636 bits per heavy atom. The summed E-state index contributed by atoms with van der Waals surface area (Å²) in [5.74, 6) is -2.43. The number of hydrogen-bond acceptors (Lipinski definition) is 2. The van der Waals surface area contributed by atoms with Crippen LogP contribution in [0.2, 0.25) is 0 Å². The summed E-state index contributed by atoms with van der Waals surface area (Å²) < 4.78 is 0. The maximum Gasteiger partial charge on any atom is 1.00 e. The van der Waals surface area contributed by atoms with Gasteiger partial charge in [-0.05, 0) is 27.7 Å². The first-order chi connectivity index (χ1) is 9.38. The number of carboxylic acids is 2. The second-order valence-electron chi connectivity index (χ2n) is 4.35. The zero-order valence-electron chi connectivity index (χ0n) is 14.3. The average molecular weight is 357 g/mol. The van der Waals surface area contributed by atoms with Crippen molar-refractivity contribution in [2.45, 2.75) is 27.7 Å². The van der Waals surface area contributed by atoms with Crippen LogP contribution in [-0.4, -0.2) is 22.2 Å². The van der Waals surface area contributed by atoms with E-state index in [4.69, 9.17) is 0 Å². The SMILES string of the molecule is C/C=C/C(/C=C/C)(C(=O)O)C(/C=C/C)(/C=C/C)C(=O)O.[K+].[K+]. The van der Waals surface area contributed by atoms with E-state index >= 15 is 0 Å². The van der Waals surface area contributed by atoms with Crippen LogP contribution in [0, 0.1) is 10.8 Å². The van der Waals surface area contributed by atoms with Crippen molar-refractivity contribution in [3.05, 3.63) is 48.6 Å². The van der Waals surface area contributed by atoms with E-state index in [2.05, 4.69) is 0 Å². The van der Waals surface area contributed by atoms with Crippen molar-refractivity contribution in [2.24, 2.45) is 10.8 Å². The monoisotopic (exact) mass is 356 g/mol. The fraction of sp³-hybridized carbons (Fsp3) is 0.375. The molecule has 0 saturated heterocycles. The minimum absolute atomic E-state index is 0. The van der Waals surface area contributed by atoms with Gasteiger partial charge in [-0.3, -0.25) is 9.59 Å². The molecule has 0 unspecified atom stereocenters. The number of aliphatic carboxylic acids is 2. The van der Waals surface area contributed by atoms with Crippen LogP contribution in [0.3, 0.4) is 0 Å². The van der Waals surface area contributed by atoms with Gasteiger partial charge >= 0.3 is 115 Å². The second-order valence-corrected chi connectivity index (χ2v) is 4.35. The van der Waals surface area contributed by atoms with Crippen molar-refractivity contribution in [3.63, 3.8) is 0 Å². The van der Waals surface area contributed by atoms with Gasteiger partial charge in [0.25, 0.3) is 0 Å². The van der Waals surface area contributed by atoms with Gasteiger partial charge in [0.1, 0.15) is 10.8 Å². The molecule has 0 aliphatic heterocycles. The molecular weight excluding hydrogens is 334 g/mol. The van der Waals surface area contributed by atoms with Crippen LogP contribution in [0.4, 0.5) is 0 Å². The molecule has 2 N–H and O–H groups in total. The molecule has 0 aromatic rings. The first-order valence-corrected chi connectivity index (χ1v) is 6.40. The zero-order chi connectivity index (χ0) is 15.8. The molecule has 0 fully saturated rings. The zero-order valence-corrected chi connectivity index (χ0v) is 20.6. The Balaban J connectivity index is -0.00000180. The molecule has 4 nitrogen and oxygen atoms in total. The summed E-state index contributed by atoms with van der Waals surface area (Å²) in [6, 6.07) is 0. The predicted octanol–water partition coefficient (Wildman–Crippen LogP) is -2.56. The van der Waals surface area contributed by atoms with Crippen molar-refractivity contribution in [1.29, 1.82) is 0 Å². The number of carboxylic acid groups (broad SMARTS) is 2. The minimum Gasteiger partial charge on any atom is -0.480 e. The fourth-order valence-electron chi connectivity index (χ4n) is 2.35. The molecular formula is C16H22K2O4+2. The maximum atomic E-state index is 11.9. The Morgan fingerprint density at radius 3 is 0.909 bits per heavy atom. The molecule has 110 valence electrons. The van der Waals surface area contributed by atoms with Gasteiger partial charge in [-0.15, -0.1) is 0 Å². The molecule has 0 aromatic heterocycles. The second kappa shape index (κ2) is 13.5. The maximum absolute atomic E-state index is 11.9. The predicted molar refractivity (Wildman–Crippen MR) is 79.4 cm³/mol. The summed E-state index contributed by atoms with van der Waals surface area (Å²) in [6.07, 6.45) is 11.8. The van der Waals surface area contributed by atoms with Crippen LogP contribution in [0.5, 0.6) is 0 Å². The molecule has 0 rings (SSSR count). The third-order valence-corrected chi connectivity index (χ3v) is 3.11. The molecule has 6 heteroatoms. The molecule has 0 spiro atoms. The standard InChI is InChI=1S/C16H22O4.2K/c1-5-9-15(10-6-2,13(17)18)16(11-7-3,12-8-4)14(19)20;;/h5-12H,1-4H3,(H,17,18)(H,19,20);;/q;2*+1/b9-5+,10-6+,11-7+,12-8+;;. The summed E-state index contributed by atoms with van der Waals surface area (Å²) >= 11 is 0. The van der Waals surface area contributed by atoms with Gasteiger partial charge in [0.05, 0.1) is 0 Å². The Labute approximate surface area is 217 Å². The topological polar surface area (TPSA) is 74.6 Å². The Kier molecular flexibility index (Phi) is 17.1. The first-order valence-electron chi connectivity index (χ1n) is 6.40. The minimum atomic E-state index is -1.68. The number of carbonyl (C=O) groups is 2. The van der Waals surface area contributed by atoms with Gasteiger partial charge in [0, 0.05) is 0 Å². The molecule has 0 bridgehead atoms. The largest absolute Gasteiger partial charge is 1.00 e. The van der Waals surface area contributed by atoms with E-state index in [1.807, 2.05) is 0 Å². The Hall–Kier alpha value is 1.17. The fourth-order valence-corrected chi connectivity index (χ4v) is 2.35. The van der Waals surface area contributed by atoms with Gasteiger partial charge in [-0.1, -0.05) is 48.6 Å². The van der Waals surface area contributed by atoms with Crippen LogP contribution in [0.1, 0.15) is 27.7 Å². The molecule has 0 atom stereocenters. The summed E-state index contributed by atoms with van der Waals surface area (Å²) in [5.41, 5.74) is -3.36. The van der Waals surface area contributed by atoms with Crippen LogP contribution < -0.4 is 103 Å². The third kappa shape index (κ3) is 5.91. The van der Waals surface area contributed by atoms with E-state index in [1.54, 1.807) is 52.0 Å². The van der Waals surface area contributed by atoms with Gasteiger partial charge in [-0.25, -0.2) is 0 Å². The van der Waals surface area contributed by atoms with Crippen molar-refractivity contribution in [2.75, 3.05) is 0 Å². The molecule has 0 radical (unpaired) electrons. The van der Waals surface area contributed by atoms with Gasteiger partial charge < -0.3 is 10.2 Å². The van der Waals surface area contributed by atoms with Gasteiger partial charge in [0.15, 0.2) is 0 Å². The summed E-state index contributed by atoms with van der Waals surface area (Å²) in [4.78, 5) is 23.7. The Bertz CT molecular complexity index is 409. The number of hydrogen-bond donors (Lipinski definition) is 2. The van der Waals surface area contributed by atoms with Crippen molar-refractivity contribution < 1.29 is 123 Å².